The summed E-state index contributed by atoms with van der Waals surface area (Å²) in [6.45, 7) is 5.82. The molecule has 3 saturated carbocycles. The summed E-state index contributed by atoms with van der Waals surface area (Å²) >= 11 is 0. The summed E-state index contributed by atoms with van der Waals surface area (Å²) in [4.78, 5) is 13.2. The molecule has 0 radical (unpaired) electrons. The first-order valence-electron chi connectivity index (χ1n) is 14.3. The van der Waals surface area contributed by atoms with Crippen molar-refractivity contribution in [2.75, 3.05) is 0 Å². The van der Waals surface area contributed by atoms with Crippen LogP contribution in [0.3, 0.4) is 0 Å². The van der Waals surface area contributed by atoms with E-state index in [9.17, 15) is 9.18 Å². The van der Waals surface area contributed by atoms with Gasteiger partial charge in [-0.05, 0) is 112 Å². The molecule has 4 atom stereocenters. The predicted octanol–water partition coefficient (Wildman–Crippen LogP) is 8.85. The third-order valence-electron chi connectivity index (χ3n) is 9.39. The molecule has 0 saturated heterocycles. The van der Waals surface area contributed by atoms with Gasteiger partial charge in [-0.2, -0.15) is 0 Å². The van der Waals surface area contributed by atoms with Gasteiger partial charge in [0.05, 0.1) is 5.92 Å². The average Bonchev–Trinajstić information content (AvgIpc) is 2.88. The molecule has 2 nitrogen and oxygen atoms in total. The molecule has 0 spiro atoms. The highest BCUT2D eigenvalue weighted by Gasteiger charge is 2.43. The van der Waals surface area contributed by atoms with E-state index in [1.165, 1.54) is 63.9 Å². The average molecular weight is 481 g/mol. The number of halogens is 1. The fourth-order valence-corrected chi connectivity index (χ4v) is 7.41. The number of allylic oxidation sites excluding steroid dienone is 3. The van der Waals surface area contributed by atoms with Gasteiger partial charge >= 0.3 is 5.97 Å². The Morgan fingerprint density at radius 1 is 1.03 bits per heavy atom. The van der Waals surface area contributed by atoms with Crippen LogP contribution in [-0.2, 0) is 11.2 Å². The number of carbonyl (C=O) groups excluding carboxylic acids is 1. The monoisotopic (exact) mass is 480 g/mol. The van der Waals surface area contributed by atoms with Gasteiger partial charge in [0.25, 0.3) is 0 Å². The Labute approximate surface area is 212 Å². The van der Waals surface area contributed by atoms with Crippen LogP contribution in [0.5, 0.6) is 5.75 Å². The second kappa shape index (κ2) is 12.9. The zero-order valence-corrected chi connectivity index (χ0v) is 21.7. The molecule has 0 bridgehead atoms. The Morgan fingerprint density at radius 3 is 2.57 bits per heavy atom. The molecule has 3 aliphatic rings. The van der Waals surface area contributed by atoms with Crippen LogP contribution in [0.1, 0.15) is 96.0 Å². The first-order valence-corrected chi connectivity index (χ1v) is 14.3. The fraction of sp³-hybridized carbons (Fsp3) is 0.656. The number of hydrogen-bond donors (Lipinski definition) is 0. The molecule has 192 valence electrons. The van der Waals surface area contributed by atoms with Crippen LogP contribution >= 0.6 is 0 Å². The molecule has 3 heteroatoms. The van der Waals surface area contributed by atoms with Crippen LogP contribution in [-0.4, -0.2) is 5.97 Å². The lowest BCUT2D eigenvalue weighted by molar-refractivity contribution is -0.144. The summed E-state index contributed by atoms with van der Waals surface area (Å²) in [6, 6.07) is 4.86. The Hall–Kier alpha value is -1.90. The van der Waals surface area contributed by atoms with Crippen LogP contribution < -0.4 is 4.74 Å². The summed E-state index contributed by atoms with van der Waals surface area (Å²) in [5.74, 6) is 3.65. The maximum atomic E-state index is 14.4. The molecule has 0 N–H and O–H groups in total. The van der Waals surface area contributed by atoms with E-state index < -0.39 is 0 Å². The number of benzene rings is 1. The summed E-state index contributed by atoms with van der Waals surface area (Å²) in [6.07, 6.45) is 22.9. The molecular weight excluding hydrogens is 435 g/mol. The van der Waals surface area contributed by atoms with Crippen molar-refractivity contribution in [2.24, 2.45) is 35.5 Å². The van der Waals surface area contributed by atoms with Gasteiger partial charge in [0, 0.05) is 6.07 Å². The molecule has 0 heterocycles. The van der Waals surface area contributed by atoms with Crippen molar-refractivity contribution in [3.63, 3.8) is 0 Å². The van der Waals surface area contributed by atoms with Gasteiger partial charge in [-0.1, -0.05) is 50.0 Å². The zero-order chi connectivity index (χ0) is 24.6. The number of carbonyl (C=O) groups is 1. The maximum absolute atomic E-state index is 14.4. The van der Waals surface area contributed by atoms with Crippen molar-refractivity contribution in [1.29, 1.82) is 0 Å². The smallest absolute Gasteiger partial charge is 0.314 e. The Kier molecular flexibility index (Phi) is 9.63. The van der Waals surface area contributed by atoms with Crippen LogP contribution in [0.25, 0.3) is 0 Å². The SMILES string of the molecule is C=CCCc1ccc(OC(=O)C2CCCC3CC(C4CCC(CC/C=C/C)CC4)CCC32)cc1F. The number of aryl methyl sites for hydroxylation is 1. The molecule has 0 aliphatic heterocycles. The van der Waals surface area contributed by atoms with Gasteiger partial charge < -0.3 is 4.74 Å². The Balaban J connectivity index is 1.28. The molecule has 4 rings (SSSR count). The zero-order valence-electron chi connectivity index (χ0n) is 21.7. The minimum atomic E-state index is -0.296. The molecule has 1 aromatic rings. The predicted molar refractivity (Wildman–Crippen MR) is 142 cm³/mol. The van der Waals surface area contributed by atoms with Crippen LogP contribution in [0.2, 0.25) is 0 Å². The van der Waals surface area contributed by atoms with Crippen LogP contribution in [0, 0.1) is 41.3 Å². The summed E-state index contributed by atoms with van der Waals surface area (Å²) in [7, 11) is 0. The van der Waals surface area contributed by atoms with Crippen molar-refractivity contribution >= 4 is 5.97 Å². The minimum Gasteiger partial charge on any atom is -0.426 e. The summed E-state index contributed by atoms with van der Waals surface area (Å²) in [5.41, 5.74) is 0.646. The van der Waals surface area contributed by atoms with E-state index in [1.54, 1.807) is 18.2 Å². The van der Waals surface area contributed by atoms with Crippen molar-refractivity contribution < 1.29 is 13.9 Å². The van der Waals surface area contributed by atoms with Crippen molar-refractivity contribution in [3.8, 4) is 5.75 Å². The first-order chi connectivity index (χ1) is 17.1. The molecule has 1 aromatic carbocycles. The molecule has 3 fully saturated rings. The number of fused-ring (bicyclic) bond motifs is 1. The normalized spacial score (nSPS) is 31.1. The van der Waals surface area contributed by atoms with Gasteiger partial charge in [0.15, 0.2) is 0 Å². The molecule has 0 aromatic heterocycles. The first kappa shape index (κ1) is 26.2. The van der Waals surface area contributed by atoms with Crippen molar-refractivity contribution in [2.45, 2.75) is 96.8 Å². The molecule has 0 amide bonds. The molecule has 4 unspecified atom stereocenters. The van der Waals surface area contributed by atoms with E-state index in [0.29, 0.717) is 29.6 Å². The molecular formula is C32H45FO2. The van der Waals surface area contributed by atoms with Gasteiger partial charge in [-0.25, -0.2) is 4.39 Å². The third-order valence-corrected chi connectivity index (χ3v) is 9.39. The van der Waals surface area contributed by atoms with Crippen LogP contribution in [0.15, 0.2) is 43.0 Å². The van der Waals surface area contributed by atoms with Crippen LogP contribution in [0.4, 0.5) is 4.39 Å². The van der Waals surface area contributed by atoms with E-state index in [2.05, 4.69) is 25.7 Å². The van der Waals surface area contributed by atoms with E-state index in [0.717, 1.165) is 43.4 Å². The number of esters is 1. The minimum absolute atomic E-state index is 0.0273. The lowest BCUT2D eigenvalue weighted by Gasteiger charge is -2.46. The second-order valence-corrected chi connectivity index (χ2v) is 11.5. The van der Waals surface area contributed by atoms with E-state index in [1.807, 2.05) is 0 Å². The van der Waals surface area contributed by atoms with Crippen molar-refractivity contribution in [1.82, 2.24) is 0 Å². The lowest BCUT2D eigenvalue weighted by atomic mass is 9.59. The molecule has 35 heavy (non-hydrogen) atoms. The number of ether oxygens (including phenoxy) is 1. The number of hydrogen-bond acceptors (Lipinski definition) is 2. The largest absolute Gasteiger partial charge is 0.426 e. The third kappa shape index (κ3) is 6.86. The topological polar surface area (TPSA) is 26.3 Å². The summed E-state index contributed by atoms with van der Waals surface area (Å²) in [5, 5.41) is 0. The van der Waals surface area contributed by atoms with E-state index in [-0.39, 0.29) is 17.7 Å². The fourth-order valence-electron chi connectivity index (χ4n) is 7.41. The standard InChI is InChI=1S/C32H45FO2/c1-3-5-7-9-23-13-15-24(16-14-23)26-18-20-29-27(21-26)11-8-12-30(29)32(34)35-28-19-17-25(10-6-4-2)31(33)22-28/h3-5,17,19,22-24,26-27,29-30H,2,6-16,18,20-21H2,1H3/b5-3+. The highest BCUT2D eigenvalue weighted by Crippen LogP contribution is 2.50. The molecule has 3 aliphatic carbocycles. The highest BCUT2D eigenvalue weighted by atomic mass is 19.1. The van der Waals surface area contributed by atoms with E-state index >= 15 is 0 Å². The quantitative estimate of drug-likeness (QED) is 0.200. The van der Waals surface area contributed by atoms with Gasteiger partial charge in [-0.15, -0.1) is 6.58 Å². The second-order valence-electron chi connectivity index (χ2n) is 11.5. The maximum Gasteiger partial charge on any atom is 0.314 e. The highest BCUT2D eigenvalue weighted by molar-refractivity contribution is 5.75. The van der Waals surface area contributed by atoms with E-state index in [4.69, 9.17) is 4.74 Å². The van der Waals surface area contributed by atoms with Gasteiger partial charge in [-0.3, -0.25) is 4.79 Å². The Morgan fingerprint density at radius 2 is 1.83 bits per heavy atom. The van der Waals surface area contributed by atoms with Gasteiger partial charge in [0.2, 0.25) is 0 Å². The van der Waals surface area contributed by atoms with Gasteiger partial charge in [0.1, 0.15) is 11.6 Å². The number of rotatable bonds is 9. The Bertz CT molecular complexity index is 866. The lowest BCUT2D eigenvalue weighted by Crippen LogP contribution is -2.40. The summed E-state index contributed by atoms with van der Waals surface area (Å²) < 4.78 is 20.2. The van der Waals surface area contributed by atoms with Crippen molar-refractivity contribution in [3.05, 3.63) is 54.4 Å².